The molecule has 2 rings (SSSR count). The first kappa shape index (κ1) is 22.0. The number of rotatable bonds is 9. The van der Waals surface area contributed by atoms with Crippen LogP contribution in [-0.4, -0.2) is 31.7 Å². The van der Waals surface area contributed by atoms with E-state index in [0.29, 0.717) is 29.4 Å². The SMILES string of the molecule is CCCOc1ccc(C=CC(=O)Nc2ccc(C(=O)OC(C)C)cc2)cc1OC. The fourth-order valence-corrected chi connectivity index (χ4v) is 2.45. The molecule has 1 N–H and O–H groups in total. The molecule has 0 aliphatic heterocycles. The molecule has 0 atom stereocenters. The second kappa shape index (κ2) is 10.9. The minimum atomic E-state index is -0.391. The van der Waals surface area contributed by atoms with Crippen molar-refractivity contribution in [2.75, 3.05) is 19.0 Å². The minimum Gasteiger partial charge on any atom is -0.493 e. The van der Waals surface area contributed by atoms with Gasteiger partial charge in [-0.05, 0) is 68.3 Å². The summed E-state index contributed by atoms with van der Waals surface area (Å²) in [5, 5.41) is 2.75. The molecule has 0 bridgehead atoms. The van der Waals surface area contributed by atoms with Crippen molar-refractivity contribution in [1.29, 1.82) is 0 Å². The van der Waals surface area contributed by atoms with Crippen molar-refractivity contribution in [3.05, 3.63) is 59.7 Å². The summed E-state index contributed by atoms with van der Waals surface area (Å²) in [6.45, 7) is 6.23. The lowest BCUT2D eigenvalue weighted by atomic mass is 10.2. The first-order chi connectivity index (χ1) is 13.9. The number of esters is 1. The van der Waals surface area contributed by atoms with E-state index in [0.717, 1.165) is 12.0 Å². The first-order valence-corrected chi connectivity index (χ1v) is 9.54. The molecule has 0 saturated heterocycles. The van der Waals surface area contributed by atoms with Crippen LogP contribution >= 0.6 is 0 Å². The van der Waals surface area contributed by atoms with E-state index in [1.807, 2.05) is 25.1 Å². The molecular formula is C23H27NO5. The van der Waals surface area contributed by atoms with Gasteiger partial charge in [-0.3, -0.25) is 4.79 Å². The van der Waals surface area contributed by atoms with Gasteiger partial charge in [0.1, 0.15) is 0 Å². The van der Waals surface area contributed by atoms with Gasteiger partial charge in [-0.15, -0.1) is 0 Å². The normalized spacial score (nSPS) is 10.8. The Labute approximate surface area is 171 Å². The highest BCUT2D eigenvalue weighted by Crippen LogP contribution is 2.28. The van der Waals surface area contributed by atoms with Crippen LogP contribution in [0.2, 0.25) is 0 Å². The molecule has 1 amide bonds. The monoisotopic (exact) mass is 397 g/mol. The van der Waals surface area contributed by atoms with Crippen LogP contribution < -0.4 is 14.8 Å². The van der Waals surface area contributed by atoms with Crippen LogP contribution in [0.5, 0.6) is 11.5 Å². The lowest BCUT2D eigenvalue weighted by molar-refractivity contribution is -0.111. The van der Waals surface area contributed by atoms with Crippen LogP contribution in [0.25, 0.3) is 6.08 Å². The van der Waals surface area contributed by atoms with Crippen LogP contribution in [0, 0.1) is 0 Å². The van der Waals surface area contributed by atoms with Crippen LogP contribution in [0.4, 0.5) is 5.69 Å². The van der Waals surface area contributed by atoms with E-state index < -0.39 is 5.97 Å². The number of methoxy groups -OCH3 is 1. The van der Waals surface area contributed by atoms with E-state index in [4.69, 9.17) is 14.2 Å². The Bertz CT molecular complexity index is 856. The number of hydrogen-bond donors (Lipinski definition) is 1. The molecule has 0 heterocycles. The molecule has 2 aromatic rings. The highest BCUT2D eigenvalue weighted by atomic mass is 16.5. The van der Waals surface area contributed by atoms with Crippen molar-refractivity contribution in [2.45, 2.75) is 33.3 Å². The number of benzene rings is 2. The van der Waals surface area contributed by atoms with E-state index in [-0.39, 0.29) is 12.0 Å². The maximum Gasteiger partial charge on any atom is 0.338 e. The Kier molecular flexibility index (Phi) is 8.27. The number of amides is 1. The van der Waals surface area contributed by atoms with Crippen molar-refractivity contribution in [3.8, 4) is 11.5 Å². The third kappa shape index (κ3) is 6.99. The molecule has 29 heavy (non-hydrogen) atoms. The number of hydrogen-bond acceptors (Lipinski definition) is 5. The smallest absolute Gasteiger partial charge is 0.338 e. The summed E-state index contributed by atoms with van der Waals surface area (Å²) in [5.41, 5.74) is 1.83. The maximum atomic E-state index is 12.2. The van der Waals surface area contributed by atoms with Crippen molar-refractivity contribution < 1.29 is 23.8 Å². The number of carbonyl (C=O) groups is 2. The average Bonchev–Trinajstić information content (AvgIpc) is 2.71. The van der Waals surface area contributed by atoms with Gasteiger partial charge in [-0.25, -0.2) is 4.79 Å². The van der Waals surface area contributed by atoms with Crippen molar-refractivity contribution in [3.63, 3.8) is 0 Å². The van der Waals surface area contributed by atoms with Crippen LogP contribution in [-0.2, 0) is 9.53 Å². The third-order valence-corrected chi connectivity index (χ3v) is 3.81. The zero-order valence-electron chi connectivity index (χ0n) is 17.2. The highest BCUT2D eigenvalue weighted by Gasteiger charge is 2.09. The predicted molar refractivity (Wildman–Crippen MR) is 113 cm³/mol. The Morgan fingerprint density at radius 1 is 1.07 bits per heavy atom. The van der Waals surface area contributed by atoms with Crippen LogP contribution in [0.15, 0.2) is 48.5 Å². The summed E-state index contributed by atoms with van der Waals surface area (Å²) < 4.78 is 16.1. The summed E-state index contributed by atoms with van der Waals surface area (Å²) >= 11 is 0. The standard InChI is InChI=1S/C23H27NO5/c1-5-14-28-20-12-6-17(15-21(20)27-4)7-13-22(25)24-19-10-8-18(9-11-19)23(26)29-16(2)3/h6-13,15-16H,5,14H2,1-4H3,(H,24,25). The van der Waals surface area contributed by atoms with E-state index in [1.165, 1.54) is 6.08 Å². The minimum absolute atomic E-state index is 0.182. The molecule has 0 fully saturated rings. The first-order valence-electron chi connectivity index (χ1n) is 9.54. The highest BCUT2D eigenvalue weighted by molar-refractivity contribution is 6.02. The van der Waals surface area contributed by atoms with E-state index in [2.05, 4.69) is 5.32 Å². The molecule has 154 valence electrons. The Hall–Kier alpha value is -3.28. The number of ether oxygens (including phenoxy) is 3. The van der Waals surface area contributed by atoms with E-state index in [1.54, 1.807) is 51.3 Å². The summed E-state index contributed by atoms with van der Waals surface area (Å²) in [6.07, 6.45) is 3.85. The molecule has 0 spiro atoms. The molecule has 0 saturated carbocycles. The number of nitrogens with one attached hydrogen (secondary N) is 1. The van der Waals surface area contributed by atoms with Gasteiger partial charge >= 0.3 is 5.97 Å². The zero-order valence-corrected chi connectivity index (χ0v) is 17.2. The Balaban J connectivity index is 1.98. The van der Waals surface area contributed by atoms with Crippen LogP contribution in [0.3, 0.4) is 0 Å². The second-order valence-electron chi connectivity index (χ2n) is 6.61. The number of anilines is 1. The molecule has 2 aromatic carbocycles. The molecule has 0 aromatic heterocycles. The molecule has 0 unspecified atom stereocenters. The molecule has 0 aliphatic rings. The summed E-state index contributed by atoms with van der Waals surface area (Å²) in [7, 11) is 1.58. The molecule has 0 aliphatic carbocycles. The third-order valence-electron chi connectivity index (χ3n) is 3.81. The molecular weight excluding hydrogens is 370 g/mol. The van der Waals surface area contributed by atoms with E-state index >= 15 is 0 Å². The van der Waals surface area contributed by atoms with Gasteiger partial charge < -0.3 is 19.5 Å². The van der Waals surface area contributed by atoms with Gasteiger partial charge in [0.15, 0.2) is 11.5 Å². The van der Waals surface area contributed by atoms with Gasteiger partial charge in [0, 0.05) is 11.8 Å². The molecule has 6 nitrogen and oxygen atoms in total. The number of carbonyl (C=O) groups excluding carboxylic acids is 2. The zero-order chi connectivity index (χ0) is 21.2. The lowest BCUT2D eigenvalue weighted by Crippen LogP contribution is -2.12. The second-order valence-corrected chi connectivity index (χ2v) is 6.61. The van der Waals surface area contributed by atoms with Gasteiger partial charge in [0.05, 0.1) is 25.4 Å². The fraction of sp³-hybridized carbons (Fsp3) is 0.304. The summed E-state index contributed by atoms with van der Waals surface area (Å²) in [6, 6.07) is 12.0. The predicted octanol–water partition coefficient (Wildman–Crippen LogP) is 4.70. The Morgan fingerprint density at radius 3 is 2.41 bits per heavy atom. The van der Waals surface area contributed by atoms with Crippen molar-refractivity contribution in [2.24, 2.45) is 0 Å². The van der Waals surface area contributed by atoms with Gasteiger partial charge in [0.2, 0.25) is 5.91 Å². The molecule has 0 radical (unpaired) electrons. The van der Waals surface area contributed by atoms with E-state index in [9.17, 15) is 9.59 Å². The van der Waals surface area contributed by atoms with Gasteiger partial charge in [-0.1, -0.05) is 13.0 Å². The lowest BCUT2D eigenvalue weighted by Gasteiger charge is -2.10. The quantitative estimate of drug-likeness (QED) is 0.490. The largest absolute Gasteiger partial charge is 0.493 e. The Morgan fingerprint density at radius 2 is 1.79 bits per heavy atom. The fourth-order valence-electron chi connectivity index (χ4n) is 2.45. The maximum absolute atomic E-state index is 12.2. The van der Waals surface area contributed by atoms with Gasteiger partial charge in [0.25, 0.3) is 0 Å². The van der Waals surface area contributed by atoms with Crippen molar-refractivity contribution in [1.82, 2.24) is 0 Å². The summed E-state index contributed by atoms with van der Waals surface area (Å²) in [5.74, 6) is 0.614. The van der Waals surface area contributed by atoms with Crippen LogP contribution in [0.1, 0.15) is 43.1 Å². The van der Waals surface area contributed by atoms with Crippen molar-refractivity contribution >= 4 is 23.6 Å². The molecule has 6 heteroatoms. The van der Waals surface area contributed by atoms with Gasteiger partial charge in [-0.2, -0.15) is 0 Å². The topological polar surface area (TPSA) is 73.9 Å². The summed E-state index contributed by atoms with van der Waals surface area (Å²) in [4.78, 5) is 24.0. The average molecular weight is 397 g/mol.